The Balaban J connectivity index is 2.24. The molecule has 0 atom stereocenters. The van der Waals surface area contributed by atoms with E-state index in [-0.39, 0.29) is 11.5 Å². The summed E-state index contributed by atoms with van der Waals surface area (Å²) in [7, 11) is 1.63. The van der Waals surface area contributed by atoms with Crippen LogP contribution in [0.5, 0.6) is 0 Å². The Morgan fingerprint density at radius 2 is 1.79 bits per heavy atom. The minimum absolute atomic E-state index is 0.184. The molecule has 1 amide bonds. The highest BCUT2D eigenvalue weighted by Gasteiger charge is 2.17. The van der Waals surface area contributed by atoms with Crippen molar-refractivity contribution in [3.8, 4) is 0 Å². The minimum Gasteiger partial charge on any atom is -0.478 e. The van der Waals surface area contributed by atoms with Gasteiger partial charge in [-0.05, 0) is 37.3 Å². The highest BCUT2D eigenvalue weighted by molar-refractivity contribution is 6.06. The Morgan fingerprint density at radius 1 is 1.16 bits per heavy atom. The maximum Gasteiger partial charge on any atom is 0.335 e. The van der Waals surface area contributed by atoms with Crippen LogP contribution in [0.15, 0.2) is 41.0 Å². The van der Waals surface area contributed by atoms with Crippen LogP contribution in [0.1, 0.15) is 26.5 Å². The molecule has 0 aliphatic heterocycles. The smallest absolute Gasteiger partial charge is 0.335 e. The predicted molar refractivity (Wildman–Crippen MR) is 69.6 cm³/mol. The van der Waals surface area contributed by atoms with Crippen molar-refractivity contribution in [3.05, 3.63) is 53.5 Å². The van der Waals surface area contributed by atoms with Crippen molar-refractivity contribution in [2.24, 2.45) is 0 Å². The van der Waals surface area contributed by atoms with Gasteiger partial charge in [-0.25, -0.2) is 4.79 Å². The normalized spacial score (nSPS) is 10.2. The van der Waals surface area contributed by atoms with Crippen LogP contribution >= 0.6 is 0 Å². The molecule has 0 aliphatic carbocycles. The van der Waals surface area contributed by atoms with Crippen molar-refractivity contribution in [2.75, 3.05) is 11.9 Å². The molecule has 1 heterocycles. The van der Waals surface area contributed by atoms with Gasteiger partial charge in [-0.3, -0.25) is 4.79 Å². The number of amides is 1. The molecule has 1 N–H and O–H groups in total. The summed E-state index contributed by atoms with van der Waals surface area (Å²) in [6, 6.07) is 7.72. The lowest BCUT2D eigenvalue weighted by molar-refractivity contribution is 0.0696. The second-order valence-electron chi connectivity index (χ2n) is 4.11. The van der Waals surface area contributed by atoms with Gasteiger partial charge in [0, 0.05) is 12.7 Å². The molecule has 19 heavy (non-hydrogen) atoms. The van der Waals surface area contributed by atoms with E-state index in [0.717, 1.165) is 0 Å². The number of furan rings is 1. The number of benzene rings is 1. The SMILES string of the molecule is Cc1occc1C(=O)N(C)c1ccc(C(=O)O)cc1. The molecular formula is C14H13NO4. The third-order valence-corrected chi connectivity index (χ3v) is 2.90. The number of nitrogens with zero attached hydrogens (tertiary/aromatic N) is 1. The number of carbonyl (C=O) groups excluding carboxylic acids is 1. The third kappa shape index (κ3) is 2.49. The van der Waals surface area contributed by atoms with Crippen LogP contribution in [-0.4, -0.2) is 24.0 Å². The van der Waals surface area contributed by atoms with Crippen LogP contribution in [0, 0.1) is 6.92 Å². The molecule has 0 saturated heterocycles. The van der Waals surface area contributed by atoms with Gasteiger partial charge in [-0.2, -0.15) is 0 Å². The highest BCUT2D eigenvalue weighted by atomic mass is 16.4. The van der Waals surface area contributed by atoms with Crippen molar-refractivity contribution in [2.45, 2.75) is 6.92 Å². The Labute approximate surface area is 110 Å². The Kier molecular flexibility index (Phi) is 3.37. The van der Waals surface area contributed by atoms with Gasteiger partial charge < -0.3 is 14.4 Å². The minimum atomic E-state index is -0.994. The summed E-state index contributed by atoms with van der Waals surface area (Å²) < 4.78 is 5.10. The maximum atomic E-state index is 12.2. The monoisotopic (exact) mass is 259 g/mol. The molecule has 2 rings (SSSR count). The Morgan fingerprint density at radius 3 is 2.26 bits per heavy atom. The Hall–Kier alpha value is -2.56. The van der Waals surface area contributed by atoms with Crippen LogP contribution in [0.25, 0.3) is 0 Å². The fourth-order valence-corrected chi connectivity index (χ4v) is 1.73. The van der Waals surface area contributed by atoms with E-state index in [1.165, 1.54) is 23.3 Å². The summed E-state index contributed by atoms with van der Waals surface area (Å²) in [4.78, 5) is 24.4. The fourth-order valence-electron chi connectivity index (χ4n) is 1.73. The standard InChI is InChI=1S/C14H13NO4/c1-9-12(7-8-19-9)13(16)15(2)11-5-3-10(4-6-11)14(17)18/h3-8H,1-2H3,(H,17,18). The first-order valence-electron chi connectivity index (χ1n) is 5.66. The number of hydrogen-bond donors (Lipinski definition) is 1. The van der Waals surface area contributed by atoms with Crippen molar-refractivity contribution < 1.29 is 19.1 Å². The van der Waals surface area contributed by atoms with E-state index in [2.05, 4.69) is 0 Å². The zero-order chi connectivity index (χ0) is 14.0. The summed E-state index contributed by atoms with van der Waals surface area (Å²) in [5, 5.41) is 8.82. The van der Waals surface area contributed by atoms with Crippen LogP contribution in [0.3, 0.4) is 0 Å². The van der Waals surface area contributed by atoms with E-state index in [4.69, 9.17) is 9.52 Å². The maximum absolute atomic E-state index is 12.2. The summed E-state index contributed by atoms with van der Waals surface area (Å²) in [6.45, 7) is 1.72. The zero-order valence-corrected chi connectivity index (χ0v) is 10.6. The second kappa shape index (κ2) is 4.97. The lowest BCUT2D eigenvalue weighted by Gasteiger charge is -2.17. The van der Waals surface area contributed by atoms with Crippen molar-refractivity contribution in [1.82, 2.24) is 0 Å². The molecule has 0 saturated carbocycles. The summed E-state index contributed by atoms with van der Waals surface area (Å²) in [5.74, 6) is -0.639. The van der Waals surface area contributed by atoms with Crippen LogP contribution in [-0.2, 0) is 0 Å². The quantitative estimate of drug-likeness (QED) is 0.919. The molecule has 98 valence electrons. The lowest BCUT2D eigenvalue weighted by Crippen LogP contribution is -2.26. The van der Waals surface area contributed by atoms with E-state index in [1.807, 2.05) is 0 Å². The van der Waals surface area contributed by atoms with Crippen molar-refractivity contribution in [1.29, 1.82) is 0 Å². The molecule has 5 nitrogen and oxygen atoms in total. The molecule has 0 bridgehead atoms. The van der Waals surface area contributed by atoms with Crippen LogP contribution in [0.4, 0.5) is 5.69 Å². The first kappa shape index (κ1) is 12.9. The van der Waals surface area contributed by atoms with E-state index in [0.29, 0.717) is 17.0 Å². The second-order valence-corrected chi connectivity index (χ2v) is 4.11. The molecule has 0 spiro atoms. The Bertz CT molecular complexity index is 613. The van der Waals surface area contributed by atoms with E-state index in [9.17, 15) is 9.59 Å². The first-order valence-corrected chi connectivity index (χ1v) is 5.66. The number of aryl methyl sites for hydroxylation is 1. The highest BCUT2D eigenvalue weighted by Crippen LogP contribution is 2.18. The van der Waals surface area contributed by atoms with Gasteiger partial charge in [0.25, 0.3) is 5.91 Å². The number of carboxylic acids is 1. The van der Waals surface area contributed by atoms with Gasteiger partial charge in [-0.1, -0.05) is 0 Å². The molecule has 0 fully saturated rings. The number of carbonyl (C=O) groups is 2. The molecule has 0 unspecified atom stereocenters. The number of hydrogen-bond acceptors (Lipinski definition) is 3. The molecule has 0 aliphatic rings. The predicted octanol–water partition coefficient (Wildman–Crippen LogP) is 2.56. The first-order chi connectivity index (χ1) is 9.00. The van der Waals surface area contributed by atoms with Crippen molar-refractivity contribution in [3.63, 3.8) is 0 Å². The summed E-state index contributed by atoms with van der Waals surface area (Å²) in [5.41, 5.74) is 1.30. The van der Waals surface area contributed by atoms with Gasteiger partial charge in [0.05, 0.1) is 17.4 Å². The largest absolute Gasteiger partial charge is 0.478 e. The van der Waals surface area contributed by atoms with Gasteiger partial charge in [0.15, 0.2) is 0 Å². The summed E-state index contributed by atoms with van der Waals surface area (Å²) in [6.07, 6.45) is 1.46. The molecular weight excluding hydrogens is 246 g/mol. The molecule has 0 radical (unpaired) electrons. The van der Waals surface area contributed by atoms with Crippen LogP contribution in [0.2, 0.25) is 0 Å². The third-order valence-electron chi connectivity index (χ3n) is 2.90. The molecule has 5 heteroatoms. The number of carboxylic acid groups (broad SMARTS) is 1. The van der Waals surface area contributed by atoms with Gasteiger partial charge in [0.1, 0.15) is 5.76 Å². The fraction of sp³-hybridized carbons (Fsp3) is 0.143. The number of aromatic carboxylic acids is 1. The topological polar surface area (TPSA) is 70.8 Å². The molecule has 2 aromatic rings. The zero-order valence-electron chi connectivity index (χ0n) is 10.6. The van der Waals surface area contributed by atoms with Crippen LogP contribution < -0.4 is 4.90 Å². The average Bonchev–Trinajstić information content (AvgIpc) is 2.83. The van der Waals surface area contributed by atoms with E-state index in [1.54, 1.807) is 32.2 Å². The van der Waals surface area contributed by atoms with E-state index < -0.39 is 5.97 Å². The lowest BCUT2D eigenvalue weighted by atomic mass is 10.1. The average molecular weight is 259 g/mol. The molecule has 1 aromatic carbocycles. The number of anilines is 1. The summed E-state index contributed by atoms with van der Waals surface area (Å²) >= 11 is 0. The van der Waals surface area contributed by atoms with Gasteiger partial charge >= 0.3 is 5.97 Å². The molecule has 1 aromatic heterocycles. The van der Waals surface area contributed by atoms with Gasteiger partial charge in [-0.15, -0.1) is 0 Å². The van der Waals surface area contributed by atoms with E-state index >= 15 is 0 Å². The van der Waals surface area contributed by atoms with Crippen molar-refractivity contribution >= 4 is 17.6 Å². The van der Waals surface area contributed by atoms with Gasteiger partial charge in [0.2, 0.25) is 0 Å². The number of rotatable bonds is 3.